The van der Waals surface area contributed by atoms with Crippen LogP contribution in [-0.4, -0.2) is 43.2 Å². The smallest absolute Gasteiger partial charge is 0.286 e. The van der Waals surface area contributed by atoms with E-state index >= 15 is 0 Å². The number of rotatable bonds is 2. The van der Waals surface area contributed by atoms with Crippen LogP contribution >= 0.6 is 11.8 Å². The third-order valence-corrected chi connectivity index (χ3v) is 6.51. The van der Waals surface area contributed by atoms with E-state index in [1.807, 2.05) is 11.8 Å². The Morgan fingerprint density at radius 1 is 1.46 bits per heavy atom. The van der Waals surface area contributed by atoms with Gasteiger partial charge in [0.25, 0.3) is 10.0 Å². The van der Waals surface area contributed by atoms with E-state index in [1.165, 1.54) is 0 Å². The maximum Gasteiger partial charge on any atom is 0.286 e. The minimum absolute atomic E-state index is 0.0310. The van der Waals surface area contributed by atoms with Crippen LogP contribution in [0.4, 0.5) is 5.69 Å². The number of aryl methyl sites for hydroxylation is 1. The molecule has 1 amide bonds. The molecule has 1 fully saturated rings. The number of hydrogen-bond acceptors (Lipinski definition) is 5. The number of anilines is 1. The molecule has 1 aromatic carbocycles. The Morgan fingerprint density at radius 3 is 3.00 bits per heavy atom. The van der Waals surface area contributed by atoms with Gasteiger partial charge in [-0.1, -0.05) is 24.8 Å². The van der Waals surface area contributed by atoms with Crippen LogP contribution in [0.5, 0.6) is 0 Å². The molecule has 2 aliphatic heterocycles. The van der Waals surface area contributed by atoms with Crippen LogP contribution in [0.1, 0.15) is 25.3 Å². The van der Waals surface area contributed by atoms with Gasteiger partial charge >= 0.3 is 0 Å². The molecule has 24 heavy (non-hydrogen) atoms. The molecule has 2 heterocycles. The Hall–Kier alpha value is -1.54. The van der Waals surface area contributed by atoms with E-state index in [0.717, 1.165) is 43.3 Å². The number of thioether (sulfide) groups is 1. The van der Waals surface area contributed by atoms with Gasteiger partial charge in [0.2, 0.25) is 5.91 Å². The normalized spacial score (nSPS) is 22.3. The number of hydrogen-bond donors (Lipinski definition) is 1. The quantitative estimate of drug-likeness (QED) is 0.869. The van der Waals surface area contributed by atoms with Crippen molar-refractivity contribution >= 4 is 38.5 Å². The zero-order valence-corrected chi connectivity index (χ0v) is 15.4. The number of sulfonamides is 1. The molecule has 1 aromatic rings. The molecule has 130 valence electrons. The van der Waals surface area contributed by atoms with Gasteiger partial charge < -0.3 is 10.2 Å². The van der Waals surface area contributed by atoms with Gasteiger partial charge in [0.05, 0.1) is 11.4 Å². The lowest BCUT2D eigenvalue weighted by atomic mass is 10.0. The monoisotopic (exact) mass is 367 g/mol. The van der Waals surface area contributed by atoms with E-state index in [0.29, 0.717) is 11.6 Å². The maximum atomic E-state index is 12.3. The minimum atomic E-state index is -3.71. The van der Waals surface area contributed by atoms with Crippen LogP contribution in [0.3, 0.4) is 0 Å². The molecule has 2 aliphatic rings. The Labute approximate surface area is 146 Å². The van der Waals surface area contributed by atoms with Gasteiger partial charge in [0.15, 0.2) is 5.17 Å². The highest BCUT2D eigenvalue weighted by atomic mass is 32.2. The summed E-state index contributed by atoms with van der Waals surface area (Å²) in [4.78, 5) is 14.4. The highest BCUT2D eigenvalue weighted by Gasteiger charge is 2.26. The van der Waals surface area contributed by atoms with Crippen molar-refractivity contribution in [1.82, 2.24) is 4.90 Å². The molecule has 1 atom stereocenters. The van der Waals surface area contributed by atoms with Gasteiger partial charge in [-0.15, -0.1) is 4.40 Å². The predicted octanol–water partition coefficient (Wildman–Crippen LogP) is 2.46. The fraction of sp³-hybridized carbons (Fsp3) is 0.500. The molecule has 8 heteroatoms. The number of amides is 1. The molecule has 1 N–H and O–H groups in total. The zero-order chi connectivity index (χ0) is 17.3. The molecule has 0 aliphatic carbocycles. The molecule has 1 saturated heterocycles. The first-order valence-electron chi connectivity index (χ1n) is 7.98. The second-order valence-electron chi connectivity index (χ2n) is 6.37. The van der Waals surface area contributed by atoms with Crippen LogP contribution in [0, 0.1) is 12.8 Å². The van der Waals surface area contributed by atoms with E-state index in [1.54, 1.807) is 18.2 Å². The van der Waals surface area contributed by atoms with Crippen molar-refractivity contribution in [1.29, 1.82) is 0 Å². The van der Waals surface area contributed by atoms with E-state index < -0.39 is 10.0 Å². The topological polar surface area (TPSA) is 78.8 Å². The van der Waals surface area contributed by atoms with Crippen LogP contribution in [-0.2, 0) is 14.8 Å². The van der Waals surface area contributed by atoms with Crippen LogP contribution in [0.15, 0.2) is 27.5 Å². The van der Waals surface area contributed by atoms with Gasteiger partial charge in [0, 0.05) is 13.1 Å². The average Bonchev–Trinajstić information content (AvgIpc) is 2.51. The van der Waals surface area contributed by atoms with Crippen molar-refractivity contribution in [2.24, 2.45) is 10.3 Å². The summed E-state index contributed by atoms with van der Waals surface area (Å²) in [6.07, 6.45) is 2.18. The molecule has 0 bridgehead atoms. The first kappa shape index (κ1) is 17.3. The van der Waals surface area contributed by atoms with Crippen LogP contribution < -0.4 is 5.32 Å². The van der Waals surface area contributed by atoms with Gasteiger partial charge in [-0.3, -0.25) is 4.79 Å². The number of likely N-dealkylation sites (tertiary alicyclic amines) is 1. The fourth-order valence-electron chi connectivity index (χ4n) is 2.96. The number of nitrogens with zero attached hydrogens (tertiary/aromatic N) is 2. The first-order valence-corrected chi connectivity index (χ1v) is 10.4. The van der Waals surface area contributed by atoms with Crippen LogP contribution in [0.2, 0.25) is 0 Å². The third-order valence-electron chi connectivity index (χ3n) is 4.20. The lowest BCUT2D eigenvalue weighted by Gasteiger charge is -2.31. The van der Waals surface area contributed by atoms with Crippen molar-refractivity contribution in [3.63, 3.8) is 0 Å². The first-order chi connectivity index (χ1) is 11.3. The summed E-state index contributed by atoms with van der Waals surface area (Å²) in [5, 5.41) is 3.28. The molecule has 3 rings (SSSR count). The minimum Gasteiger partial charge on any atom is -0.342 e. The highest BCUT2D eigenvalue weighted by molar-refractivity contribution is 8.15. The molecular formula is C16H21N3O3S2. The highest BCUT2D eigenvalue weighted by Crippen LogP contribution is 2.30. The van der Waals surface area contributed by atoms with E-state index in [2.05, 4.69) is 16.6 Å². The standard InChI is InChI=1S/C16H21N3O3S2/c1-11-5-6-14-13(8-11)17-16(18-24(14,21)22)23-10-15(20)19-7-3-4-12(2)9-19/h5-6,8,12H,3-4,7,9-10H2,1-2H3,(H,17,18). The van der Waals surface area contributed by atoms with Gasteiger partial charge in [-0.2, -0.15) is 8.42 Å². The number of carbonyl (C=O) groups excluding carboxylic acids is 1. The lowest BCUT2D eigenvalue weighted by molar-refractivity contribution is -0.129. The summed E-state index contributed by atoms with van der Waals surface area (Å²) in [5.74, 6) is 0.742. The maximum absolute atomic E-state index is 12.3. The van der Waals surface area contributed by atoms with Gasteiger partial charge in [-0.25, -0.2) is 0 Å². The van der Waals surface area contributed by atoms with E-state index in [4.69, 9.17) is 0 Å². The van der Waals surface area contributed by atoms with Gasteiger partial charge in [-0.05, 0) is 43.4 Å². The Balaban J connectivity index is 1.68. The van der Waals surface area contributed by atoms with E-state index in [9.17, 15) is 13.2 Å². The van der Waals surface area contributed by atoms with Crippen molar-refractivity contribution in [3.8, 4) is 0 Å². The Bertz CT molecular complexity index is 790. The molecular weight excluding hydrogens is 346 g/mol. The number of carbonyl (C=O) groups is 1. The van der Waals surface area contributed by atoms with Crippen molar-refractivity contribution in [2.75, 3.05) is 24.2 Å². The summed E-state index contributed by atoms with van der Waals surface area (Å²) in [6, 6.07) is 5.07. The SMILES string of the molecule is Cc1ccc2c(c1)NC(SCC(=O)N1CCCC(C)C1)=NS2(=O)=O. The van der Waals surface area contributed by atoms with Crippen LogP contribution in [0.25, 0.3) is 0 Å². The van der Waals surface area contributed by atoms with Gasteiger partial charge in [0.1, 0.15) is 4.90 Å². The number of nitrogens with one attached hydrogen (secondary N) is 1. The number of fused-ring (bicyclic) bond motifs is 1. The zero-order valence-electron chi connectivity index (χ0n) is 13.8. The Kier molecular flexibility index (Phi) is 4.87. The van der Waals surface area contributed by atoms with Crippen molar-refractivity contribution < 1.29 is 13.2 Å². The fourth-order valence-corrected chi connectivity index (χ4v) is 5.08. The predicted molar refractivity (Wildman–Crippen MR) is 96.9 cm³/mol. The molecule has 0 radical (unpaired) electrons. The number of benzene rings is 1. The third kappa shape index (κ3) is 3.75. The average molecular weight is 367 g/mol. The molecule has 1 unspecified atom stereocenters. The largest absolute Gasteiger partial charge is 0.342 e. The summed E-state index contributed by atoms with van der Waals surface area (Å²) < 4.78 is 28.3. The summed E-state index contributed by atoms with van der Waals surface area (Å²) in [6.45, 7) is 5.60. The molecule has 0 spiro atoms. The summed E-state index contributed by atoms with van der Waals surface area (Å²) in [5.41, 5.74) is 1.48. The second-order valence-corrected chi connectivity index (χ2v) is 8.91. The summed E-state index contributed by atoms with van der Waals surface area (Å²) >= 11 is 1.14. The molecule has 0 saturated carbocycles. The number of piperidine rings is 1. The Morgan fingerprint density at radius 2 is 2.25 bits per heavy atom. The van der Waals surface area contributed by atoms with Crippen molar-refractivity contribution in [3.05, 3.63) is 23.8 Å². The molecule has 0 aromatic heterocycles. The summed E-state index contributed by atoms with van der Waals surface area (Å²) in [7, 11) is -3.71. The molecule has 6 nitrogen and oxygen atoms in total. The second kappa shape index (κ2) is 6.76. The lowest BCUT2D eigenvalue weighted by Crippen LogP contribution is -2.40. The number of amidine groups is 1. The van der Waals surface area contributed by atoms with Crippen molar-refractivity contribution in [2.45, 2.75) is 31.6 Å². The van der Waals surface area contributed by atoms with E-state index in [-0.39, 0.29) is 21.7 Å².